The summed E-state index contributed by atoms with van der Waals surface area (Å²) in [6.07, 6.45) is 0. The Hall–Kier alpha value is -1.00. The lowest BCUT2D eigenvalue weighted by Gasteiger charge is -2.21. The first-order valence-electron chi connectivity index (χ1n) is 5.37. The fraction of sp³-hybridized carbons (Fsp3) is 0.231. The number of para-hydroxylation sites is 1. The number of nitrogen functional groups attached to an aromatic ring is 1. The summed E-state index contributed by atoms with van der Waals surface area (Å²) in [6.45, 7) is 2.91. The van der Waals surface area contributed by atoms with E-state index in [9.17, 15) is 0 Å². The molecule has 0 spiro atoms. The van der Waals surface area contributed by atoms with Crippen LogP contribution in [0.5, 0.6) is 0 Å². The predicted molar refractivity (Wildman–Crippen MR) is 79.7 cm³/mol. The molecule has 1 aromatic carbocycles. The van der Waals surface area contributed by atoms with Gasteiger partial charge in [-0.1, -0.05) is 12.1 Å². The van der Waals surface area contributed by atoms with Crippen LogP contribution < -0.4 is 10.6 Å². The Morgan fingerprint density at radius 2 is 2.18 bits per heavy atom. The van der Waals surface area contributed by atoms with Crippen molar-refractivity contribution in [2.24, 2.45) is 0 Å². The zero-order valence-corrected chi connectivity index (χ0v) is 12.3. The zero-order valence-electron chi connectivity index (χ0n) is 9.90. The highest BCUT2D eigenvalue weighted by atomic mass is 79.9. The van der Waals surface area contributed by atoms with Crippen molar-refractivity contribution in [3.05, 3.63) is 44.6 Å². The van der Waals surface area contributed by atoms with Gasteiger partial charge in [0, 0.05) is 13.6 Å². The van der Waals surface area contributed by atoms with Crippen LogP contribution in [-0.4, -0.2) is 7.05 Å². The maximum atomic E-state index is 6.09. The van der Waals surface area contributed by atoms with Gasteiger partial charge in [-0.2, -0.15) is 0 Å². The summed E-state index contributed by atoms with van der Waals surface area (Å²) in [5.41, 5.74) is 10.5. The third kappa shape index (κ3) is 2.82. The summed E-state index contributed by atoms with van der Waals surface area (Å²) in [4.78, 5) is 2.18. The van der Waals surface area contributed by atoms with Gasteiger partial charge in [-0.15, -0.1) is 11.3 Å². The van der Waals surface area contributed by atoms with Crippen LogP contribution in [0.1, 0.15) is 11.1 Å². The molecule has 0 amide bonds. The third-order valence-corrected chi connectivity index (χ3v) is 4.31. The van der Waals surface area contributed by atoms with Crippen molar-refractivity contribution in [1.82, 2.24) is 0 Å². The van der Waals surface area contributed by atoms with E-state index in [0.29, 0.717) is 0 Å². The van der Waals surface area contributed by atoms with Crippen LogP contribution in [-0.2, 0) is 6.54 Å². The van der Waals surface area contributed by atoms with Crippen molar-refractivity contribution in [1.29, 1.82) is 0 Å². The largest absolute Gasteiger partial charge is 0.397 e. The fourth-order valence-electron chi connectivity index (χ4n) is 1.79. The summed E-state index contributed by atoms with van der Waals surface area (Å²) in [5.74, 6) is 0. The summed E-state index contributed by atoms with van der Waals surface area (Å²) in [7, 11) is 2.07. The molecule has 0 saturated heterocycles. The molecule has 0 aliphatic rings. The lowest BCUT2D eigenvalue weighted by atomic mass is 10.1. The second-order valence-corrected chi connectivity index (χ2v) is 6.41. The highest BCUT2D eigenvalue weighted by molar-refractivity contribution is 9.11. The molecule has 0 aliphatic carbocycles. The Morgan fingerprint density at radius 1 is 1.41 bits per heavy atom. The van der Waals surface area contributed by atoms with Crippen molar-refractivity contribution in [2.75, 3.05) is 17.7 Å². The van der Waals surface area contributed by atoms with Crippen LogP contribution in [0.25, 0.3) is 0 Å². The number of hydrogen-bond donors (Lipinski definition) is 1. The molecule has 0 atom stereocenters. The first kappa shape index (κ1) is 12.5. The van der Waals surface area contributed by atoms with Gasteiger partial charge < -0.3 is 10.6 Å². The fourth-order valence-corrected chi connectivity index (χ4v) is 2.99. The van der Waals surface area contributed by atoms with Crippen LogP contribution in [0.2, 0.25) is 0 Å². The number of thiophene rings is 1. The van der Waals surface area contributed by atoms with E-state index < -0.39 is 0 Å². The normalized spacial score (nSPS) is 10.5. The molecular weight excluding hydrogens is 296 g/mol. The SMILES string of the molecule is Cc1cccc(N(C)Cc2csc(Br)c2)c1N. The molecule has 2 nitrogen and oxygen atoms in total. The molecule has 0 unspecified atom stereocenters. The van der Waals surface area contributed by atoms with Gasteiger partial charge in [-0.25, -0.2) is 0 Å². The van der Waals surface area contributed by atoms with E-state index in [1.54, 1.807) is 11.3 Å². The molecule has 0 fully saturated rings. The number of hydrogen-bond acceptors (Lipinski definition) is 3. The van der Waals surface area contributed by atoms with Gasteiger partial charge in [0.25, 0.3) is 0 Å². The molecule has 0 bridgehead atoms. The number of benzene rings is 1. The molecule has 17 heavy (non-hydrogen) atoms. The topological polar surface area (TPSA) is 29.3 Å². The summed E-state index contributed by atoms with van der Waals surface area (Å²) in [5, 5.41) is 2.16. The number of aryl methyl sites for hydroxylation is 1. The summed E-state index contributed by atoms with van der Waals surface area (Å²) < 4.78 is 1.16. The summed E-state index contributed by atoms with van der Waals surface area (Å²) in [6, 6.07) is 8.28. The Kier molecular flexibility index (Phi) is 3.74. The summed E-state index contributed by atoms with van der Waals surface area (Å²) >= 11 is 5.19. The Bertz CT molecular complexity index is 522. The highest BCUT2D eigenvalue weighted by Gasteiger charge is 2.08. The van der Waals surface area contributed by atoms with Gasteiger partial charge in [0.2, 0.25) is 0 Å². The number of nitrogens with two attached hydrogens (primary N) is 1. The second-order valence-electron chi connectivity index (χ2n) is 4.12. The van der Waals surface area contributed by atoms with E-state index in [2.05, 4.69) is 45.4 Å². The van der Waals surface area contributed by atoms with Gasteiger partial charge >= 0.3 is 0 Å². The minimum Gasteiger partial charge on any atom is -0.397 e. The van der Waals surface area contributed by atoms with Gasteiger partial charge in [-0.05, 0) is 51.5 Å². The number of rotatable bonds is 3. The van der Waals surface area contributed by atoms with E-state index in [1.807, 2.05) is 19.1 Å². The molecule has 0 aliphatic heterocycles. The maximum Gasteiger partial charge on any atom is 0.0701 e. The molecule has 0 saturated carbocycles. The van der Waals surface area contributed by atoms with Crippen molar-refractivity contribution in [3.63, 3.8) is 0 Å². The number of nitrogens with zero attached hydrogens (tertiary/aromatic N) is 1. The van der Waals surface area contributed by atoms with Crippen molar-refractivity contribution in [2.45, 2.75) is 13.5 Å². The average molecular weight is 311 g/mol. The highest BCUT2D eigenvalue weighted by Crippen LogP contribution is 2.28. The van der Waals surface area contributed by atoms with Crippen LogP contribution >= 0.6 is 27.3 Å². The van der Waals surface area contributed by atoms with E-state index in [4.69, 9.17) is 5.73 Å². The molecule has 1 heterocycles. The molecule has 90 valence electrons. The Balaban J connectivity index is 2.20. The standard InChI is InChI=1S/C13H15BrN2S/c1-9-4-3-5-11(13(9)15)16(2)7-10-6-12(14)17-8-10/h3-6,8H,7,15H2,1-2H3. The minimum absolute atomic E-state index is 0.865. The van der Waals surface area contributed by atoms with Gasteiger partial charge in [0.05, 0.1) is 15.2 Å². The van der Waals surface area contributed by atoms with Crippen LogP contribution in [0, 0.1) is 6.92 Å². The lowest BCUT2D eigenvalue weighted by Crippen LogP contribution is -2.17. The zero-order chi connectivity index (χ0) is 12.4. The molecule has 4 heteroatoms. The smallest absolute Gasteiger partial charge is 0.0701 e. The molecule has 2 N–H and O–H groups in total. The molecule has 0 radical (unpaired) electrons. The monoisotopic (exact) mass is 310 g/mol. The van der Waals surface area contributed by atoms with E-state index in [-0.39, 0.29) is 0 Å². The van der Waals surface area contributed by atoms with Gasteiger partial charge in [0.15, 0.2) is 0 Å². The predicted octanol–water partition coefficient (Wildman–Crippen LogP) is 4.04. The quantitative estimate of drug-likeness (QED) is 0.867. The third-order valence-electron chi connectivity index (χ3n) is 2.75. The van der Waals surface area contributed by atoms with Gasteiger partial charge in [-0.3, -0.25) is 0 Å². The van der Waals surface area contributed by atoms with Crippen molar-refractivity contribution >= 4 is 38.6 Å². The van der Waals surface area contributed by atoms with E-state index in [1.165, 1.54) is 5.56 Å². The van der Waals surface area contributed by atoms with Crippen LogP contribution in [0.3, 0.4) is 0 Å². The molecule has 2 rings (SSSR count). The minimum atomic E-state index is 0.865. The second kappa shape index (κ2) is 5.10. The molecule has 2 aromatic rings. The lowest BCUT2D eigenvalue weighted by molar-refractivity contribution is 0.928. The van der Waals surface area contributed by atoms with E-state index >= 15 is 0 Å². The van der Waals surface area contributed by atoms with Crippen LogP contribution in [0.4, 0.5) is 11.4 Å². The molecular formula is C13H15BrN2S. The number of halogens is 1. The Morgan fingerprint density at radius 3 is 2.82 bits per heavy atom. The Labute approximate surface area is 114 Å². The number of anilines is 2. The van der Waals surface area contributed by atoms with Crippen LogP contribution in [0.15, 0.2) is 33.4 Å². The van der Waals surface area contributed by atoms with Gasteiger partial charge in [0.1, 0.15) is 0 Å². The first-order valence-corrected chi connectivity index (χ1v) is 7.04. The van der Waals surface area contributed by atoms with E-state index in [0.717, 1.165) is 27.3 Å². The maximum absolute atomic E-state index is 6.09. The van der Waals surface area contributed by atoms with Crippen molar-refractivity contribution in [3.8, 4) is 0 Å². The van der Waals surface area contributed by atoms with Crippen molar-refractivity contribution < 1.29 is 0 Å². The average Bonchev–Trinajstić information content (AvgIpc) is 2.68. The molecule has 1 aromatic heterocycles. The first-order chi connectivity index (χ1) is 8.08.